The lowest BCUT2D eigenvalue weighted by Crippen LogP contribution is -2.69. The molecule has 0 aromatic heterocycles. The number of ether oxygens (including phenoxy) is 13. The maximum Gasteiger partial charge on any atom is 0.306 e. The molecular formula is C61H98O32. The van der Waals surface area contributed by atoms with Gasteiger partial charge in [0.05, 0.1) is 58.3 Å². The third kappa shape index (κ3) is 12.1. The molecule has 0 amide bonds. The predicted molar refractivity (Wildman–Crippen MR) is 304 cm³/mol. The van der Waals surface area contributed by atoms with Crippen molar-refractivity contribution in [1.29, 1.82) is 0 Å². The first-order chi connectivity index (χ1) is 43.9. The van der Waals surface area contributed by atoms with Gasteiger partial charge in [0.15, 0.2) is 37.7 Å². The fraction of sp³-hybridized carbons (Fsp3) is 0.951. The number of hydrogen-bond acceptors (Lipinski definition) is 32. The summed E-state index contributed by atoms with van der Waals surface area (Å²) >= 11 is 0. The summed E-state index contributed by atoms with van der Waals surface area (Å²) in [5.41, 5.74) is 0.436. The molecule has 0 aromatic rings. The van der Waals surface area contributed by atoms with Crippen LogP contribution < -0.4 is 0 Å². The monoisotopic (exact) mass is 1340 g/mol. The summed E-state index contributed by atoms with van der Waals surface area (Å²) in [5.74, 6) is -0.188. The minimum absolute atomic E-state index is 0.0819. The van der Waals surface area contributed by atoms with Gasteiger partial charge in [0.2, 0.25) is 0 Å². The molecule has 11 rings (SSSR count). The molecule has 7 saturated heterocycles. The minimum Gasteiger partial charge on any atom is -0.458 e. The molecule has 7 heterocycles. The maximum absolute atomic E-state index is 12.8. The Hall–Kier alpha value is -1.99. The van der Waals surface area contributed by atoms with Crippen molar-refractivity contribution in [3.05, 3.63) is 11.1 Å². The number of fused-ring (bicyclic) bond motifs is 5. The molecule has 32 heteroatoms. The highest BCUT2D eigenvalue weighted by molar-refractivity contribution is 5.73. The SMILES string of the molecule is CC1OC(OC2C(OC3C(OCC4OC(OC5CCC6(C)C7=C(CCC6C5(C)CO)C5(C)CCC6(OC(=O)CC6C)C5(C)CC7)C(O)C(O)C4O)OCC(O)C3O)OC(CO)C(O)C2OC2OC(CO)C(O)C(O)C2OC2OC(CO)C(O)C(O)C2O)C(O)C(O)C1O. The Morgan fingerprint density at radius 3 is 1.60 bits per heavy atom. The van der Waals surface area contributed by atoms with Gasteiger partial charge >= 0.3 is 5.97 Å². The zero-order chi connectivity index (χ0) is 67.5. The second-order valence-electron chi connectivity index (χ2n) is 28.7. The molecule has 32 nitrogen and oxygen atoms in total. The van der Waals surface area contributed by atoms with Crippen LogP contribution in [0.2, 0.25) is 0 Å². The third-order valence-electron chi connectivity index (χ3n) is 23.8. The van der Waals surface area contributed by atoms with Crippen molar-refractivity contribution >= 4 is 5.97 Å². The molecule has 4 aliphatic carbocycles. The van der Waals surface area contributed by atoms with Gasteiger partial charge in [0.1, 0.15) is 140 Å². The van der Waals surface area contributed by atoms with Crippen LogP contribution in [0, 0.1) is 33.5 Å². The van der Waals surface area contributed by atoms with Crippen LogP contribution in [0.5, 0.6) is 0 Å². The molecule has 0 radical (unpaired) electrons. The molecule has 18 N–H and O–H groups in total. The summed E-state index contributed by atoms with van der Waals surface area (Å²) in [7, 11) is 0. The fourth-order valence-corrected chi connectivity index (χ4v) is 17.9. The van der Waals surface area contributed by atoms with E-state index in [9.17, 15) is 96.7 Å². The topological polar surface area (TPSA) is 501 Å². The molecule has 7 aliphatic heterocycles. The van der Waals surface area contributed by atoms with Crippen molar-refractivity contribution < 1.29 is 158 Å². The molecule has 93 heavy (non-hydrogen) atoms. The van der Waals surface area contributed by atoms with E-state index in [0.29, 0.717) is 25.7 Å². The number of aliphatic hydroxyl groups excluding tert-OH is 18. The van der Waals surface area contributed by atoms with Crippen molar-refractivity contribution in [2.45, 2.75) is 289 Å². The van der Waals surface area contributed by atoms with Crippen LogP contribution in [-0.2, 0) is 66.4 Å². The van der Waals surface area contributed by atoms with E-state index in [1.807, 2.05) is 6.92 Å². The van der Waals surface area contributed by atoms with Crippen molar-refractivity contribution in [2.24, 2.45) is 33.5 Å². The van der Waals surface area contributed by atoms with E-state index < -0.39 is 228 Å². The lowest BCUT2D eigenvalue weighted by Gasteiger charge is -2.63. The Kier molecular flexibility index (Phi) is 21.4. The van der Waals surface area contributed by atoms with Gasteiger partial charge in [0, 0.05) is 16.7 Å². The summed E-state index contributed by atoms with van der Waals surface area (Å²) in [6.45, 7) is 7.63. The highest BCUT2D eigenvalue weighted by Crippen LogP contribution is 2.75. The normalized spacial score (nSPS) is 55.2. The molecule has 1 spiro atoms. The molecule has 534 valence electrons. The van der Waals surface area contributed by atoms with Gasteiger partial charge in [-0.3, -0.25) is 4.79 Å². The van der Waals surface area contributed by atoms with Crippen LogP contribution in [0.15, 0.2) is 11.1 Å². The molecule has 9 fully saturated rings. The largest absolute Gasteiger partial charge is 0.458 e. The van der Waals surface area contributed by atoms with Crippen LogP contribution in [-0.4, -0.2) is 327 Å². The Labute approximate surface area is 536 Å². The van der Waals surface area contributed by atoms with E-state index in [0.717, 1.165) is 32.1 Å². The van der Waals surface area contributed by atoms with Gasteiger partial charge < -0.3 is 153 Å². The molecule has 37 unspecified atom stereocenters. The Balaban J connectivity index is 0.828. The minimum atomic E-state index is -2.16. The van der Waals surface area contributed by atoms with Crippen LogP contribution in [0.4, 0.5) is 0 Å². The number of allylic oxidation sites excluding steroid dienone is 2. The van der Waals surface area contributed by atoms with Gasteiger partial charge in [-0.1, -0.05) is 45.8 Å². The number of hydrogen-bond donors (Lipinski definition) is 18. The zero-order valence-corrected chi connectivity index (χ0v) is 52.8. The van der Waals surface area contributed by atoms with Crippen molar-refractivity contribution in [2.75, 3.05) is 39.6 Å². The van der Waals surface area contributed by atoms with Crippen molar-refractivity contribution in [3.8, 4) is 0 Å². The van der Waals surface area contributed by atoms with Gasteiger partial charge in [-0.2, -0.15) is 0 Å². The number of esters is 1. The average molecular weight is 1340 g/mol. The zero-order valence-electron chi connectivity index (χ0n) is 52.8. The predicted octanol–water partition coefficient (Wildman–Crippen LogP) is -6.61. The van der Waals surface area contributed by atoms with Gasteiger partial charge in [-0.05, 0) is 75.0 Å². The van der Waals surface area contributed by atoms with Crippen molar-refractivity contribution in [3.63, 3.8) is 0 Å². The van der Waals surface area contributed by atoms with Gasteiger partial charge in [-0.15, -0.1) is 0 Å². The van der Waals surface area contributed by atoms with E-state index in [1.54, 1.807) is 0 Å². The molecule has 11 aliphatic rings. The first kappa shape index (κ1) is 72.3. The summed E-state index contributed by atoms with van der Waals surface area (Å²) in [4.78, 5) is 12.8. The smallest absolute Gasteiger partial charge is 0.306 e. The van der Waals surface area contributed by atoms with Gasteiger partial charge in [0.25, 0.3) is 0 Å². The third-order valence-corrected chi connectivity index (χ3v) is 23.8. The Morgan fingerprint density at radius 2 is 0.989 bits per heavy atom. The molecule has 0 aromatic carbocycles. The summed E-state index contributed by atoms with van der Waals surface area (Å²) in [6, 6.07) is 0. The second kappa shape index (κ2) is 27.5. The van der Waals surface area contributed by atoms with Gasteiger partial charge in [-0.25, -0.2) is 0 Å². The molecular weight excluding hydrogens is 1240 g/mol. The quantitative estimate of drug-likeness (QED) is 0.0475. The number of carbonyl (C=O) groups excluding carboxylic acids is 1. The maximum atomic E-state index is 12.8. The first-order valence-electron chi connectivity index (χ1n) is 32.6. The summed E-state index contributed by atoms with van der Waals surface area (Å²) < 4.78 is 79.0. The summed E-state index contributed by atoms with van der Waals surface area (Å²) in [6.07, 6.45) is -49.8. The van der Waals surface area contributed by atoms with Crippen LogP contribution in [0.3, 0.4) is 0 Å². The highest BCUT2D eigenvalue weighted by Gasteiger charge is 2.73. The van der Waals surface area contributed by atoms with Crippen molar-refractivity contribution in [1.82, 2.24) is 0 Å². The number of aliphatic hydroxyl groups is 18. The second-order valence-corrected chi connectivity index (χ2v) is 28.7. The lowest BCUT2D eigenvalue weighted by molar-refractivity contribution is -0.414. The Bertz CT molecular complexity index is 2610. The van der Waals surface area contributed by atoms with Crippen LogP contribution in [0.1, 0.15) is 99.3 Å². The van der Waals surface area contributed by atoms with E-state index in [-0.39, 0.29) is 40.7 Å². The molecule has 2 saturated carbocycles. The standard InChI is InChI=1S/C61H98O32/c1-22-15-33(67)93-61(22)14-13-59(5)25-7-8-31-57(3,24(25)9-12-60(59,61)6)11-10-32(58(31,4)21-65)88-52-45(79)42(76)38(72)30(87-52)20-82-54-48(35(69)26(66)19-81-54)91-56-50(92-51-44(78)40(74)34(68)23(2)83-51)47(39(73)29(18-64)86-56)89-55-49(43(77)37(71)28(17-63)85-55)90-53-46(80)41(75)36(70)27(16-62)84-53/h22-23,26-32,34-56,62-66,68-80H,7-21H2,1-6H3. The van der Waals surface area contributed by atoms with Crippen LogP contribution >= 0.6 is 0 Å². The van der Waals surface area contributed by atoms with E-state index >= 15 is 0 Å². The number of carbonyl (C=O) groups is 1. The van der Waals surface area contributed by atoms with Crippen LogP contribution in [0.25, 0.3) is 0 Å². The van der Waals surface area contributed by atoms with E-state index in [4.69, 9.17) is 61.6 Å². The van der Waals surface area contributed by atoms with E-state index in [1.165, 1.54) is 18.1 Å². The average Bonchev–Trinajstić information content (AvgIpc) is 1.58. The summed E-state index contributed by atoms with van der Waals surface area (Å²) in [5, 5.41) is 199. The first-order valence-corrected chi connectivity index (χ1v) is 32.6. The highest BCUT2D eigenvalue weighted by atomic mass is 16.8. The lowest BCUT2D eigenvalue weighted by atomic mass is 9.42. The Morgan fingerprint density at radius 1 is 0.473 bits per heavy atom. The van der Waals surface area contributed by atoms with E-state index in [2.05, 4.69) is 27.7 Å². The molecule has 37 atom stereocenters. The fourth-order valence-electron chi connectivity index (χ4n) is 17.9. The number of rotatable bonds is 17. The molecule has 0 bridgehead atoms.